The Morgan fingerprint density at radius 3 is 1.80 bits per heavy atom. The Morgan fingerprint density at radius 1 is 1.20 bits per heavy atom. The third-order valence-corrected chi connectivity index (χ3v) is 2.15. The van der Waals surface area contributed by atoms with Crippen LogP contribution in [0.15, 0.2) is 0 Å². The normalized spacial score (nSPS) is 14.9. The Hall–Kier alpha value is -1.10. The highest BCUT2D eigenvalue weighted by atomic mass is 16.4. The average Bonchev–Trinajstić information content (AvgIpc) is 1.96. The van der Waals surface area contributed by atoms with Gasteiger partial charge in [-0.25, -0.2) is 0 Å². The lowest BCUT2D eigenvalue weighted by Gasteiger charge is -2.28. The molecule has 0 saturated heterocycles. The van der Waals surface area contributed by atoms with Crippen LogP contribution in [0.4, 0.5) is 0 Å². The molecular formula is C10H21NO4. The largest absolute Gasteiger partial charge is 0.481 e. The lowest BCUT2D eigenvalue weighted by Crippen LogP contribution is -2.39. The lowest BCUT2D eigenvalue weighted by molar-refractivity contribution is -0.147. The average molecular weight is 219 g/mol. The molecule has 0 aliphatic rings. The Balaban J connectivity index is 0. The van der Waals surface area contributed by atoms with E-state index >= 15 is 0 Å². The van der Waals surface area contributed by atoms with Gasteiger partial charge in [-0.3, -0.25) is 9.59 Å². The predicted molar refractivity (Wildman–Crippen MR) is 57.5 cm³/mol. The number of hydrogen-bond donors (Lipinski definition) is 3. The smallest absolute Gasteiger partial charge is 0.320 e. The van der Waals surface area contributed by atoms with Crippen molar-refractivity contribution in [1.82, 2.24) is 0 Å². The van der Waals surface area contributed by atoms with Crippen molar-refractivity contribution in [2.75, 3.05) is 0 Å². The fourth-order valence-electron chi connectivity index (χ4n) is 1.18. The molecule has 0 aromatic carbocycles. The van der Waals surface area contributed by atoms with Crippen molar-refractivity contribution in [3.05, 3.63) is 0 Å². The number of nitrogens with two attached hydrogens (primary N) is 1. The van der Waals surface area contributed by atoms with Crippen LogP contribution < -0.4 is 5.73 Å². The highest BCUT2D eigenvalue weighted by molar-refractivity contribution is 5.76. The van der Waals surface area contributed by atoms with Crippen molar-refractivity contribution >= 4 is 11.9 Å². The van der Waals surface area contributed by atoms with Crippen molar-refractivity contribution in [3.63, 3.8) is 0 Å². The number of rotatable bonds is 4. The molecule has 0 aliphatic carbocycles. The summed E-state index contributed by atoms with van der Waals surface area (Å²) in [5.41, 5.74) is 4.80. The molecule has 0 amide bonds. The van der Waals surface area contributed by atoms with E-state index in [1.807, 2.05) is 0 Å². The van der Waals surface area contributed by atoms with E-state index in [0.717, 1.165) is 0 Å². The summed E-state index contributed by atoms with van der Waals surface area (Å²) in [7, 11) is 0. The van der Waals surface area contributed by atoms with Crippen molar-refractivity contribution in [3.8, 4) is 0 Å². The van der Waals surface area contributed by atoms with Gasteiger partial charge in [0, 0.05) is 0 Å². The van der Waals surface area contributed by atoms with Crippen molar-refractivity contribution in [1.29, 1.82) is 0 Å². The first-order valence-corrected chi connectivity index (χ1v) is 4.37. The van der Waals surface area contributed by atoms with Crippen molar-refractivity contribution in [2.24, 2.45) is 17.1 Å². The van der Waals surface area contributed by atoms with E-state index in [4.69, 9.17) is 15.9 Å². The van der Waals surface area contributed by atoms with Gasteiger partial charge in [-0.15, -0.1) is 0 Å². The zero-order valence-corrected chi connectivity index (χ0v) is 8.65. The summed E-state index contributed by atoms with van der Waals surface area (Å²) in [6.45, 7) is 5.25. The second kappa shape index (κ2) is 5.70. The molecule has 0 bridgehead atoms. The molecule has 0 spiro atoms. The minimum absolute atomic E-state index is 0. The van der Waals surface area contributed by atoms with Gasteiger partial charge >= 0.3 is 11.9 Å². The first-order valence-electron chi connectivity index (χ1n) is 4.37. The van der Waals surface area contributed by atoms with Gasteiger partial charge in [0.05, 0.1) is 5.92 Å². The number of carboxylic acids is 2. The molecule has 1 unspecified atom stereocenters. The topological polar surface area (TPSA) is 101 Å². The molecular weight excluding hydrogens is 198 g/mol. The fourth-order valence-corrected chi connectivity index (χ4v) is 1.18. The summed E-state index contributed by atoms with van der Waals surface area (Å²) in [5.74, 6) is -2.91. The summed E-state index contributed by atoms with van der Waals surface area (Å²) in [6, 6.07) is -1.12. The molecule has 4 N–H and O–H groups in total. The summed E-state index contributed by atoms with van der Waals surface area (Å²) < 4.78 is 0. The molecule has 90 valence electrons. The van der Waals surface area contributed by atoms with Gasteiger partial charge in [-0.05, 0) is 11.8 Å². The first-order chi connectivity index (χ1) is 6.16. The molecule has 0 aliphatic heterocycles. The molecule has 0 saturated carbocycles. The molecule has 0 aromatic rings. The van der Waals surface area contributed by atoms with Crippen molar-refractivity contribution < 1.29 is 19.8 Å². The van der Waals surface area contributed by atoms with Gasteiger partial charge in [0.15, 0.2) is 0 Å². The molecule has 0 heterocycles. The molecule has 5 heteroatoms. The van der Waals surface area contributed by atoms with Gasteiger partial charge in [0.25, 0.3) is 0 Å². The van der Waals surface area contributed by atoms with Gasteiger partial charge in [0.2, 0.25) is 0 Å². The molecule has 5 nitrogen and oxygen atoms in total. The maximum absolute atomic E-state index is 10.9. The molecule has 0 aromatic heterocycles. The van der Waals surface area contributed by atoms with E-state index in [2.05, 4.69) is 0 Å². The monoisotopic (exact) mass is 219 g/mol. The van der Waals surface area contributed by atoms with Gasteiger partial charge < -0.3 is 15.9 Å². The third kappa shape index (κ3) is 5.37. The van der Waals surface area contributed by atoms with Crippen LogP contribution >= 0.6 is 0 Å². The molecule has 2 atom stereocenters. The molecule has 15 heavy (non-hydrogen) atoms. The van der Waals surface area contributed by atoms with Gasteiger partial charge in [-0.1, -0.05) is 28.2 Å². The minimum Gasteiger partial charge on any atom is -0.481 e. The molecule has 0 radical (unpaired) electrons. The van der Waals surface area contributed by atoms with Crippen LogP contribution in [0.1, 0.15) is 34.6 Å². The van der Waals surface area contributed by atoms with Crippen LogP contribution in [0.25, 0.3) is 0 Å². The van der Waals surface area contributed by atoms with Crippen LogP contribution in [0.3, 0.4) is 0 Å². The fraction of sp³-hybridized carbons (Fsp3) is 0.800. The standard InChI is InChI=1S/C9H17NO4.CH4/c1-9(2,3)5(7(11)12)4-6(10)8(13)14;/h5-6H,4,10H2,1-3H3,(H,11,12)(H,13,14);1H4/t5?,6-;/m0./s1. The first kappa shape index (κ1) is 16.3. The number of carboxylic acid groups (broad SMARTS) is 2. The maximum atomic E-state index is 10.9. The van der Waals surface area contributed by atoms with Crippen LogP contribution in [0.5, 0.6) is 0 Å². The SMILES string of the molecule is C.CC(C)(C)C(C[C@H](N)C(=O)O)C(=O)O. The quantitative estimate of drug-likeness (QED) is 0.659. The van der Waals surface area contributed by atoms with E-state index in [9.17, 15) is 9.59 Å². The van der Waals surface area contributed by atoms with E-state index in [-0.39, 0.29) is 13.8 Å². The van der Waals surface area contributed by atoms with Gasteiger partial charge in [-0.2, -0.15) is 0 Å². The third-order valence-electron chi connectivity index (χ3n) is 2.15. The molecule has 0 rings (SSSR count). The number of hydrogen-bond acceptors (Lipinski definition) is 3. The predicted octanol–water partition coefficient (Wildman–Crippen LogP) is 1.17. The van der Waals surface area contributed by atoms with Crippen molar-refractivity contribution in [2.45, 2.75) is 40.7 Å². The van der Waals surface area contributed by atoms with Crippen LogP contribution in [0.2, 0.25) is 0 Å². The van der Waals surface area contributed by atoms with Crippen LogP contribution in [-0.2, 0) is 9.59 Å². The van der Waals surface area contributed by atoms with E-state index < -0.39 is 29.3 Å². The number of carbonyl (C=O) groups is 2. The zero-order chi connectivity index (χ0) is 11.5. The highest BCUT2D eigenvalue weighted by Crippen LogP contribution is 2.29. The van der Waals surface area contributed by atoms with E-state index in [0.29, 0.717) is 0 Å². The summed E-state index contributed by atoms with van der Waals surface area (Å²) >= 11 is 0. The highest BCUT2D eigenvalue weighted by Gasteiger charge is 2.34. The minimum atomic E-state index is -1.17. The Morgan fingerprint density at radius 2 is 1.60 bits per heavy atom. The van der Waals surface area contributed by atoms with Crippen LogP contribution in [-0.4, -0.2) is 28.2 Å². The van der Waals surface area contributed by atoms with E-state index in [1.54, 1.807) is 20.8 Å². The lowest BCUT2D eigenvalue weighted by atomic mass is 9.77. The summed E-state index contributed by atoms with van der Waals surface area (Å²) in [4.78, 5) is 21.3. The Bertz CT molecular complexity index is 232. The Kier molecular flexibility index (Phi) is 6.21. The second-order valence-electron chi connectivity index (χ2n) is 4.44. The van der Waals surface area contributed by atoms with E-state index in [1.165, 1.54) is 0 Å². The van der Waals surface area contributed by atoms with Crippen LogP contribution in [0, 0.1) is 11.3 Å². The van der Waals surface area contributed by atoms with Gasteiger partial charge in [0.1, 0.15) is 6.04 Å². The maximum Gasteiger partial charge on any atom is 0.320 e. The molecule has 0 fully saturated rings. The number of aliphatic carboxylic acids is 2. The zero-order valence-electron chi connectivity index (χ0n) is 8.65. The second-order valence-corrected chi connectivity index (χ2v) is 4.44. The summed E-state index contributed by atoms with van der Waals surface area (Å²) in [6.07, 6.45) is -0.0475. The Labute approximate surface area is 90.3 Å². The summed E-state index contributed by atoms with van der Waals surface area (Å²) in [5, 5.41) is 17.5.